The van der Waals surface area contributed by atoms with Crippen LogP contribution in [0.15, 0.2) is 23.1 Å². The quantitative estimate of drug-likeness (QED) is 0.778. The van der Waals surface area contributed by atoms with Crippen molar-refractivity contribution < 1.29 is 13.2 Å². The van der Waals surface area contributed by atoms with E-state index < -0.39 is 16.1 Å². The van der Waals surface area contributed by atoms with Crippen molar-refractivity contribution in [2.24, 2.45) is 5.92 Å². The van der Waals surface area contributed by atoms with Crippen molar-refractivity contribution in [1.82, 2.24) is 10.0 Å². The Morgan fingerprint density at radius 3 is 2.45 bits per heavy atom. The number of sulfonamides is 1. The van der Waals surface area contributed by atoms with E-state index in [0.717, 1.165) is 6.42 Å². The van der Waals surface area contributed by atoms with Crippen LogP contribution in [0.3, 0.4) is 0 Å². The molecule has 0 heterocycles. The van der Waals surface area contributed by atoms with Crippen molar-refractivity contribution in [3.8, 4) is 0 Å². The smallest absolute Gasteiger partial charge is 0.242 e. The molecule has 1 rings (SSSR count). The molecule has 2 N–H and O–H groups in total. The van der Waals surface area contributed by atoms with Crippen LogP contribution in [-0.2, 0) is 14.8 Å². The maximum absolute atomic E-state index is 12.3. The van der Waals surface area contributed by atoms with E-state index in [2.05, 4.69) is 10.0 Å². The lowest BCUT2D eigenvalue weighted by Gasteiger charge is -2.15. The molecule has 0 fully saturated rings. The zero-order valence-electron chi connectivity index (χ0n) is 12.7. The fourth-order valence-electron chi connectivity index (χ4n) is 1.67. The molecular weight excluding hydrogens is 347 g/mol. The molecule has 1 aromatic carbocycles. The first-order valence-electron chi connectivity index (χ1n) is 6.88. The third-order valence-corrected chi connectivity index (χ3v) is 5.19. The van der Waals surface area contributed by atoms with Crippen molar-refractivity contribution in [1.29, 1.82) is 0 Å². The third-order valence-electron chi connectivity index (χ3n) is 2.93. The average molecular weight is 367 g/mol. The summed E-state index contributed by atoms with van der Waals surface area (Å²) in [4.78, 5) is 11.7. The molecule has 1 atom stereocenters. The van der Waals surface area contributed by atoms with Crippen LogP contribution in [0.1, 0.15) is 27.2 Å². The molecule has 124 valence electrons. The number of amides is 1. The Hall–Kier alpha value is -0.820. The average Bonchev–Trinajstić information content (AvgIpc) is 2.40. The fraction of sp³-hybridized carbons (Fsp3) is 0.500. The predicted molar refractivity (Wildman–Crippen MR) is 88.7 cm³/mol. The molecule has 22 heavy (non-hydrogen) atoms. The minimum Gasteiger partial charge on any atom is -0.355 e. The van der Waals surface area contributed by atoms with Gasteiger partial charge in [-0.3, -0.25) is 4.79 Å². The molecule has 0 aliphatic carbocycles. The van der Waals surface area contributed by atoms with Gasteiger partial charge in [0.25, 0.3) is 0 Å². The normalized spacial score (nSPS) is 13.2. The molecule has 0 aliphatic rings. The van der Waals surface area contributed by atoms with Gasteiger partial charge < -0.3 is 5.32 Å². The van der Waals surface area contributed by atoms with Gasteiger partial charge in [-0.05, 0) is 37.5 Å². The first kappa shape index (κ1) is 19.2. The predicted octanol–water partition coefficient (Wildman–Crippen LogP) is 2.82. The number of nitrogens with one attached hydrogen (secondary N) is 2. The molecule has 0 saturated heterocycles. The minimum absolute atomic E-state index is 0.0457. The second-order valence-corrected chi connectivity index (χ2v) is 7.92. The van der Waals surface area contributed by atoms with Crippen LogP contribution >= 0.6 is 23.2 Å². The molecule has 1 unspecified atom stereocenters. The Bertz CT molecular complexity index is 633. The van der Waals surface area contributed by atoms with Crippen molar-refractivity contribution in [2.45, 2.75) is 38.1 Å². The topological polar surface area (TPSA) is 75.3 Å². The van der Waals surface area contributed by atoms with Gasteiger partial charge in [-0.2, -0.15) is 4.72 Å². The summed E-state index contributed by atoms with van der Waals surface area (Å²) in [5.41, 5.74) is 0. The number of carbonyl (C=O) groups excluding carboxylic acids is 1. The van der Waals surface area contributed by atoms with Gasteiger partial charge in [-0.25, -0.2) is 8.42 Å². The largest absolute Gasteiger partial charge is 0.355 e. The number of halogens is 2. The van der Waals surface area contributed by atoms with E-state index in [-0.39, 0.29) is 20.8 Å². The van der Waals surface area contributed by atoms with E-state index in [9.17, 15) is 13.2 Å². The van der Waals surface area contributed by atoms with Crippen molar-refractivity contribution >= 4 is 39.1 Å². The highest BCUT2D eigenvalue weighted by atomic mass is 35.5. The molecule has 0 aromatic heterocycles. The van der Waals surface area contributed by atoms with Gasteiger partial charge in [-0.1, -0.05) is 37.0 Å². The van der Waals surface area contributed by atoms with E-state index in [4.69, 9.17) is 23.2 Å². The van der Waals surface area contributed by atoms with Crippen molar-refractivity contribution in [3.63, 3.8) is 0 Å². The fourth-order valence-corrected chi connectivity index (χ4v) is 3.64. The van der Waals surface area contributed by atoms with Gasteiger partial charge in [-0.15, -0.1) is 0 Å². The maximum atomic E-state index is 12.3. The highest BCUT2D eigenvalue weighted by Crippen LogP contribution is 2.24. The zero-order chi connectivity index (χ0) is 16.9. The molecule has 0 radical (unpaired) electrons. The highest BCUT2D eigenvalue weighted by molar-refractivity contribution is 7.89. The second-order valence-electron chi connectivity index (χ2n) is 5.39. The standard InChI is InChI=1S/C14H20Cl2N2O3S/c1-9(2)6-7-17-14(19)10(3)18-22(20,21)13-8-11(15)4-5-12(13)16/h4-5,8-10,18H,6-7H2,1-3H3,(H,17,19). The van der Waals surface area contributed by atoms with E-state index >= 15 is 0 Å². The summed E-state index contributed by atoms with van der Waals surface area (Å²) >= 11 is 11.7. The second kappa shape index (κ2) is 8.15. The minimum atomic E-state index is -3.93. The molecule has 0 bridgehead atoms. The van der Waals surface area contributed by atoms with Crippen LogP contribution < -0.4 is 10.0 Å². The molecule has 0 spiro atoms. The number of benzene rings is 1. The van der Waals surface area contributed by atoms with E-state index in [0.29, 0.717) is 12.5 Å². The van der Waals surface area contributed by atoms with E-state index in [1.165, 1.54) is 25.1 Å². The van der Waals surface area contributed by atoms with Crippen LogP contribution in [0, 0.1) is 5.92 Å². The highest BCUT2D eigenvalue weighted by Gasteiger charge is 2.24. The Kier molecular flexibility index (Phi) is 7.12. The van der Waals surface area contributed by atoms with Crippen LogP contribution in [-0.4, -0.2) is 26.9 Å². The van der Waals surface area contributed by atoms with Gasteiger partial charge in [0.15, 0.2) is 0 Å². The lowest BCUT2D eigenvalue weighted by atomic mass is 10.1. The molecule has 8 heteroatoms. The SMILES string of the molecule is CC(C)CCNC(=O)C(C)NS(=O)(=O)c1cc(Cl)ccc1Cl. The van der Waals surface area contributed by atoms with Gasteiger partial charge in [0, 0.05) is 11.6 Å². The number of carbonyl (C=O) groups is 1. The summed E-state index contributed by atoms with van der Waals surface area (Å²) < 4.78 is 26.8. The molecular formula is C14H20Cl2N2O3S. The number of hydrogen-bond donors (Lipinski definition) is 2. The van der Waals surface area contributed by atoms with Crippen molar-refractivity contribution in [2.75, 3.05) is 6.54 Å². The van der Waals surface area contributed by atoms with Crippen LogP contribution in [0.5, 0.6) is 0 Å². The summed E-state index contributed by atoms with van der Waals surface area (Å²) in [5.74, 6) is 0.0694. The Balaban J connectivity index is 2.75. The van der Waals surface area contributed by atoms with E-state index in [1.807, 2.05) is 13.8 Å². The Morgan fingerprint density at radius 1 is 1.23 bits per heavy atom. The summed E-state index contributed by atoms with van der Waals surface area (Å²) in [6.45, 7) is 6.06. The third kappa shape index (κ3) is 5.76. The van der Waals surface area contributed by atoms with Crippen LogP contribution in [0.25, 0.3) is 0 Å². The first-order valence-corrected chi connectivity index (χ1v) is 9.12. The molecule has 5 nitrogen and oxygen atoms in total. The van der Waals surface area contributed by atoms with Crippen LogP contribution in [0.2, 0.25) is 10.0 Å². The van der Waals surface area contributed by atoms with Gasteiger partial charge >= 0.3 is 0 Å². The summed E-state index contributed by atoms with van der Waals surface area (Å²) in [6, 6.07) is 3.22. The molecule has 0 saturated carbocycles. The Morgan fingerprint density at radius 2 is 1.86 bits per heavy atom. The van der Waals surface area contributed by atoms with Crippen molar-refractivity contribution in [3.05, 3.63) is 28.2 Å². The lowest BCUT2D eigenvalue weighted by Crippen LogP contribution is -2.45. The van der Waals surface area contributed by atoms with E-state index in [1.54, 1.807) is 0 Å². The first-order chi connectivity index (χ1) is 10.1. The van der Waals surface area contributed by atoms with Gasteiger partial charge in [0.2, 0.25) is 15.9 Å². The zero-order valence-corrected chi connectivity index (χ0v) is 15.0. The molecule has 1 amide bonds. The summed E-state index contributed by atoms with van der Waals surface area (Å²) in [5, 5.41) is 2.98. The van der Waals surface area contributed by atoms with Gasteiger partial charge in [0.05, 0.1) is 11.1 Å². The monoisotopic (exact) mass is 366 g/mol. The maximum Gasteiger partial charge on any atom is 0.242 e. The summed E-state index contributed by atoms with van der Waals surface area (Å²) in [6.07, 6.45) is 0.825. The summed E-state index contributed by atoms with van der Waals surface area (Å²) in [7, 11) is -3.93. The van der Waals surface area contributed by atoms with Crippen LogP contribution in [0.4, 0.5) is 0 Å². The van der Waals surface area contributed by atoms with Gasteiger partial charge in [0.1, 0.15) is 4.90 Å². The molecule has 0 aliphatic heterocycles. The molecule has 1 aromatic rings. The number of rotatable bonds is 7. The number of hydrogen-bond acceptors (Lipinski definition) is 3. The Labute approximate surface area is 141 Å². The lowest BCUT2D eigenvalue weighted by molar-refractivity contribution is -0.122.